The van der Waals surface area contributed by atoms with Crippen LogP contribution in [-0.2, 0) is 13.1 Å². The SMILES string of the molecule is Cc1csc(CNCc2csnn2)n1. The van der Waals surface area contributed by atoms with Gasteiger partial charge < -0.3 is 5.32 Å². The third-order valence-corrected chi connectivity index (χ3v) is 3.17. The molecule has 2 rings (SSSR count). The lowest BCUT2D eigenvalue weighted by Gasteiger charge is -1.97. The lowest BCUT2D eigenvalue weighted by molar-refractivity contribution is 0.673. The molecule has 0 aromatic carbocycles. The third-order valence-electron chi connectivity index (χ3n) is 1.65. The minimum Gasteiger partial charge on any atom is -0.305 e. The highest BCUT2D eigenvalue weighted by molar-refractivity contribution is 7.09. The first-order valence-electron chi connectivity index (χ1n) is 4.22. The highest BCUT2D eigenvalue weighted by Gasteiger charge is 1.99. The Kier molecular flexibility index (Phi) is 3.18. The summed E-state index contributed by atoms with van der Waals surface area (Å²) >= 11 is 3.06. The Morgan fingerprint density at radius 1 is 1.36 bits per heavy atom. The van der Waals surface area contributed by atoms with Gasteiger partial charge in [-0.15, -0.1) is 16.4 Å². The number of aromatic nitrogens is 3. The van der Waals surface area contributed by atoms with E-state index in [2.05, 4.69) is 25.3 Å². The molecule has 0 fully saturated rings. The second-order valence-electron chi connectivity index (χ2n) is 2.88. The number of nitrogens with zero attached hydrogens (tertiary/aromatic N) is 3. The van der Waals surface area contributed by atoms with Gasteiger partial charge in [0.05, 0.1) is 5.69 Å². The standard InChI is InChI=1S/C8H10N4S2/c1-6-4-13-8(10-6)3-9-2-7-5-14-12-11-7/h4-5,9H,2-3H2,1H3. The highest BCUT2D eigenvalue weighted by Crippen LogP contribution is 2.08. The first kappa shape index (κ1) is 9.70. The summed E-state index contributed by atoms with van der Waals surface area (Å²) in [6, 6.07) is 0. The van der Waals surface area contributed by atoms with E-state index in [4.69, 9.17) is 0 Å². The average molecular weight is 226 g/mol. The molecule has 6 heteroatoms. The molecule has 2 aromatic heterocycles. The quantitative estimate of drug-likeness (QED) is 0.860. The van der Waals surface area contributed by atoms with Crippen molar-refractivity contribution in [3.63, 3.8) is 0 Å². The summed E-state index contributed by atoms with van der Waals surface area (Å²) in [5.74, 6) is 0. The summed E-state index contributed by atoms with van der Waals surface area (Å²) in [5, 5.41) is 12.3. The lowest BCUT2D eigenvalue weighted by Crippen LogP contribution is -2.12. The van der Waals surface area contributed by atoms with Gasteiger partial charge in [0.2, 0.25) is 0 Å². The van der Waals surface area contributed by atoms with Gasteiger partial charge in [-0.3, -0.25) is 0 Å². The van der Waals surface area contributed by atoms with E-state index in [-0.39, 0.29) is 0 Å². The van der Waals surface area contributed by atoms with Gasteiger partial charge in [0.1, 0.15) is 5.01 Å². The molecule has 0 spiro atoms. The molecule has 0 aliphatic rings. The number of nitrogens with one attached hydrogen (secondary N) is 1. The molecule has 0 saturated carbocycles. The van der Waals surface area contributed by atoms with Crippen molar-refractivity contribution in [1.82, 2.24) is 19.9 Å². The Morgan fingerprint density at radius 2 is 2.29 bits per heavy atom. The number of hydrogen-bond acceptors (Lipinski definition) is 6. The van der Waals surface area contributed by atoms with Crippen LogP contribution in [0.5, 0.6) is 0 Å². The Morgan fingerprint density at radius 3 is 2.93 bits per heavy atom. The molecule has 4 nitrogen and oxygen atoms in total. The average Bonchev–Trinajstić information content (AvgIpc) is 2.77. The smallest absolute Gasteiger partial charge is 0.107 e. The van der Waals surface area contributed by atoms with E-state index in [1.54, 1.807) is 11.3 Å². The maximum Gasteiger partial charge on any atom is 0.107 e. The van der Waals surface area contributed by atoms with E-state index >= 15 is 0 Å². The van der Waals surface area contributed by atoms with Crippen molar-refractivity contribution in [2.45, 2.75) is 20.0 Å². The van der Waals surface area contributed by atoms with Crippen LogP contribution in [-0.4, -0.2) is 14.6 Å². The summed E-state index contributed by atoms with van der Waals surface area (Å²) in [6.45, 7) is 3.56. The largest absolute Gasteiger partial charge is 0.305 e. The lowest BCUT2D eigenvalue weighted by atomic mass is 10.5. The fraction of sp³-hybridized carbons (Fsp3) is 0.375. The van der Waals surface area contributed by atoms with Crippen LogP contribution in [0.25, 0.3) is 0 Å². The van der Waals surface area contributed by atoms with E-state index < -0.39 is 0 Å². The molecule has 0 radical (unpaired) electrons. The van der Waals surface area contributed by atoms with Crippen LogP contribution >= 0.6 is 22.9 Å². The zero-order chi connectivity index (χ0) is 9.80. The first-order valence-corrected chi connectivity index (χ1v) is 5.94. The van der Waals surface area contributed by atoms with Gasteiger partial charge >= 0.3 is 0 Å². The molecule has 0 aliphatic heterocycles. The number of thiazole rings is 1. The Hall–Kier alpha value is -0.850. The molecule has 0 atom stereocenters. The molecule has 1 N–H and O–H groups in total. The van der Waals surface area contributed by atoms with Gasteiger partial charge in [0, 0.05) is 29.5 Å². The normalized spacial score (nSPS) is 10.6. The van der Waals surface area contributed by atoms with Gasteiger partial charge in [-0.1, -0.05) is 4.49 Å². The molecular weight excluding hydrogens is 216 g/mol. The van der Waals surface area contributed by atoms with Crippen molar-refractivity contribution in [1.29, 1.82) is 0 Å². The van der Waals surface area contributed by atoms with Gasteiger partial charge in [-0.25, -0.2) is 4.98 Å². The van der Waals surface area contributed by atoms with Crippen molar-refractivity contribution in [2.24, 2.45) is 0 Å². The van der Waals surface area contributed by atoms with E-state index in [9.17, 15) is 0 Å². The molecule has 0 bridgehead atoms. The number of rotatable bonds is 4. The fourth-order valence-electron chi connectivity index (χ4n) is 1.04. The summed E-state index contributed by atoms with van der Waals surface area (Å²) in [5.41, 5.74) is 2.07. The molecule has 2 aromatic rings. The van der Waals surface area contributed by atoms with Crippen LogP contribution in [0.4, 0.5) is 0 Å². The molecule has 2 heterocycles. The fourth-order valence-corrected chi connectivity index (χ4v) is 2.24. The first-order chi connectivity index (χ1) is 6.84. The predicted molar refractivity (Wildman–Crippen MR) is 57.3 cm³/mol. The van der Waals surface area contributed by atoms with E-state index in [0.29, 0.717) is 0 Å². The topological polar surface area (TPSA) is 50.7 Å². The van der Waals surface area contributed by atoms with Crippen LogP contribution in [0, 0.1) is 6.92 Å². The summed E-state index contributed by atoms with van der Waals surface area (Å²) in [7, 11) is 0. The van der Waals surface area contributed by atoms with Crippen molar-refractivity contribution < 1.29 is 0 Å². The van der Waals surface area contributed by atoms with Crippen LogP contribution < -0.4 is 5.32 Å². The van der Waals surface area contributed by atoms with Crippen LogP contribution in [0.1, 0.15) is 16.4 Å². The zero-order valence-corrected chi connectivity index (χ0v) is 9.36. The molecule has 0 amide bonds. The second-order valence-corrected chi connectivity index (χ2v) is 4.43. The molecule has 74 valence electrons. The maximum absolute atomic E-state index is 4.35. The van der Waals surface area contributed by atoms with Crippen molar-refractivity contribution in [3.8, 4) is 0 Å². The van der Waals surface area contributed by atoms with E-state index in [1.807, 2.05) is 12.3 Å². The molecule has 0 aliphatic carbocycles. The van der Waals surface area contributed by atoms with Crippen LogP contribution in [0.2, 0.25) is 0 Å². The minimum absolute atomic E-state index is 0.759. The monoisotopic (exact) mass is 226 g/mol. The Balaban J connectivity index is 1.78. The predicted octanol–water partition coefficient (Wildman–Crippen LogP) is 1.59. The van der Waals surface area contributed by atoms with E-state index in [1.165, 1.54) is 11.5 Å². The van der Waals surface area contributed by atoms with Crippen molar-refractivity contribution >= 4 is 22.9 Å². The Bertz CT molecular complexity index is 382. The molecule has 14 heavy (non-hydrogen) atoms. The minimum atomic E-state index is 0.759. The van der Waals surface area contributed by atoms with Crippen LogP contribution in [0.15, 0.2) is 10.8 Å². The molecule has 0 unspecified atom stereocenters. The number of aryl methyl sites for hydroxylation is 1. The van der Waals surface area contributed by atoms with Gasteiger partial charge in [0.25, 0.3) is 0 Å². The van der Waals surface area contributed by atoms with E-state index in [0.717, 1.165) is 29.5 Å². The van der Waals surface area contributed by atoms with Gasteiger partial charge in [0.15, 0.2) is 0 Å². The van der Waals surface area contributed by atoms with Crippen molar-refractivity contribution in [2.75, 3.05) is 0 Å². The third kappa shape index (κ3) is 2.57. The van der Waals surface area contributed by atoms with Gasteiger partial charge in [-0.2, -0.15) is 0 Å². The molecular formula is C8H10N4S2. The second kappa shape index (κ2) is 4.59. The summed E-state index contributed by atoms with van der Waals surface area (Å²) in [4.78, 5) is 4.35. The zero-order valence-electron chi connectivity index (χ0n) is 7.73. The maximum atomic E-state index is 4.35. The summed E-state index contributed by atoms with van der Waals surface area (Å²) < 4.78 is 3.79. The van der Waals surface area contributed by atoms with Crippen molar-refractivity contribution in [3.05, 3.63) is 27.2 Å². The summed E-state index contributed by atoms with van der Waals surface area (Å²) in [6.07, 6.45) is 0. The Labute approximate surface area is 90.2 Å². The molecule has 0 saturated heterocycles. The van der Waals surface area contributed by atoms with Crippen LogP contribution in [0.3, 0.4) is 0 Å². The van der Waals surface area contributed by atoms with Gasteiger partial charge in [-0.05, 0) is 18.5 Å². The highest BCUT2D eigenvalue weighted by atomic mass is 32.1. The number of hydrogen-bond donors (Lipinski definition) is 1.